The molecule has 0 saturated heterocycles. The van der Waals surface area contributed by atoms with E-state index in [0.29, 0.717) is 6.54 Å². The van der Waals surface area contributed by atoms with Crippen LogP contribution in [0.4, 0.5) is 0 Å². The minimum Gasteiger partial charge on any atom is -0.457 e. The first-order valence-corrected chi connectivity index (χ1v) is 6.70. The molecule has 2 aromatic rings. The molecule has 18 heavy (non-hydrogen) atoms. The Morgan fingerprint density at radius 1 is 1.22 bits per heavy atom. The van der Waals surface area contributed by atoms with Crippen LogP contribution in [-0.2, 0) is 6.54 Å². The number of ether oxygens (including phenoxy) is 1. The van der Waals surface area contributed by atoms with E-state index in [1.54, 1.807) is 0 Å². The molecule has 0 spiro atoms. The predicted molar refractivity (Wildman–Crippen MR) is 78.3 cm³/mol. The minimum absolute atomic E-state index is 0.432. The van der Waals surface area contributed by atoms with Crippen molar-refractivity contribution in [1.29, 1.82) is 0 Å². The van der Waals surface area contributed by atoms with Crippen molar-refractivity contribution in [2.45, 2.75) is 13.5 Å². The van der Waals surface area contributed by atoms with Crippen LogP contribution in [0.15, 0.2) is 40.9 Å². The lowest BCUT2D eigenvalue weighted by molar-refractivity contribution is 0.476. The van der Waals surface area contributed by atoms with Crippen molar-refractivity contribution < 1.29 is 4.74 Å². The Kier molecular flexibility index (Phi) is 4.27. The van der Waals surface area contributed by atoms with Gasteiger partial charge in [0, 0.05) is 21.6 Å². The molecule has 2 N–H and O–H groups in total. The SMILES string of the molecule is Cc1cc(Oc2ccc(Br)cc2CN)ccc1Cl. The molecule has 0 aliphatic heterocycles. The standard InChI is InChI=1S/C14H13BrClNO/c1-9-6-12(3-4-13(9)16)18-14-5-2-11(15)7-10(14)8-17/h2-7H,8,17H2,1H3. The molecule has 0 unspecified atom stereocenters. The van der Waals surface area contributed by atoms with Crippen LogP contribution in [-0.4, -0.2) is 0 Å². The summed E-state index contributed by atoms with van der Waals surface area (Å²) in [7, 11) is 0. The van der Waals surface area contributed by atoms with Gasteiger partial charge in [-0.1, -0.05) is 27.5 Å². The fourth-order valence-electron chi connectivity index (χ4n) is 1.61. The summed E-state index contributed by atoms with van der Waals surface area (Å²) in [6, 6.07) is 11.4. The lowest BCUT2D eigenvalue weighted by Gasteiger charge is -2.11. The normalized spacial score (nSPS) is 10.4. The van der Waals surface area contributed by atoms with E-state index in [4.69, 9.17) is 22.1 Å². The fourth-order valence-corrected chi connectivity index (χ4v) is 2.14. The highest BCUT2D eigenvalue weighted by Crippen LogP contribution is 2.29. The highest BCUT2D eigenvalue weighted by atomic mass is 79.9. The van der Waals surface area contributed by atoms with Crippen molar-refractivity contribution in [3.63, 3.8) is 0 Å². The second-order valence-electron chi connectivity index (χ2n) is 3.97. The molecule has 2 aromatic carbocycles. The number of hydrogen-bond acceptors (Lipinski definition) is 2. The third-order valence-electron chi connectivity index (χ3n) is 2.60. The van der Waals surface area contributed by atoms with Gasteiger partial charge in [-0.2, -0.15) is 0 Å². The lowest BCUT2D eigenvalue weighted by Crippen LogP contribution is -1.99. The number of rotatable bonds is 3. The van der Waals surface area contributed by atoms with Crippen molar-refractivity contribution in [1.82, 2.24) is 0 Å². The Hall–Kier alpha value is -1.03. The van der Waals surface area contributed by atoms with E-state index in [2.05, 4.69) is 15.9 Å². The minimum atomic E-state index is 0.432. The summed E-state index contributed by atoms with van der Waals surface area (Å²) in [6.07, 6.45) is 0. The van der Waals surface area contributed by atoms with E-state index in [1.807, 2.05) is 43.3 Å². The molecule has 2 nitrogen and oxygen atoms in total. The molecule has 0 radical (unpaired) electrons. The van der Waals surface area contributed by atoms with Crippen molar-refractivity contribution in [3.8, 4) is 11.5 Å². The Labute approximate surface area is 120 Å². The Morgan fingerprint density at radius 3 is 2.67 bits per heavy atom. The van der Waals surface area contributed by atoms with Crippen LogP contribution >= 0.6 is 27.5 Å². The zero-order valence-corrected chi connectivity index (χ0v) is 12.3. The molecule has 0 bridgehead atoms. The summed E-state index contributed by atoms with van der Waals surface area (Å²) in [5.41, 5.74) is 7.65. The van der Waals surface area contributed by atoms with Crippen molar-refractivity contribution in [2.75, 3.05) is 0 Å². The van der Waals surface area contributed by atoms with Gasteiger partial charge >= 0.3 is 0 Å². The van der Waals surface area contributed by atoms with Gasteiger partial charge < -0.3 is 10.5 Å². The summed E-state index contributed by atoms with van der Waals surface area (Å²) < 4.78 is 6.82. The molecule has 0 aliphatic rings. The van der Waals surface area contributed by atoms with Gasteiger partial charge in [-0.15, -0.1) is 0 Å². The van der Waals surface area contributed by atoms with Gasteiger partial charge in [0.25, 0.3) is 0 Å². The van der Waals surface area contributed by atoms with Crippen LogP contribution in [0.5, 0.6) is 11.5 Å². The third kappa shape index (κ3) is 3.05. The van der Waals surface area contributed by atoms with E-state index >= 15 is 0 Å². The van der Waals surface area contributed by atoms with Gasteiger partial charge in [0.1, 0.15) is 11.5 Å². The van der Waals surface area contributed by atoms with Gasteiger partial charge in [-0.25, -0.2) is 0 Å². The van der Waals surface area contributed by atoms with E-state index in [-0.39, 0.29) is 0 Å². The Morgan fingerprint density at radius 2 is 2.00 bits per heavy atom. The third-order valence-corrected chi connectivity index (χ3v) is 3.52. The molecule has 0 heterocycles. The molecular weight excluding hydrogens is 314 g/mol. The van der Waals surface area contributed by atoms with Crippen LogP contribution in [0, 0.1) is 6.92 Å². The lowest BCUT2D eigenvalue weighted by atomic mass is 10.2. The maximum atomic E-state index is 5.98. The molecular formula is C14H13BrClNO. The number of nitrogens with two attached hydrogens (primary N) is 1. The quantitative estimate of drug-likeness (QED) is 0.890. The van der Waals surface area contributed by atoms with Crippen molar-refractivity contribution >= 4 is 27.5 Å². The average molecular weight is 327 g/mol. The Bertz CT molecular complexity index is 572. The van der Waals surface area contributed by atoms with E-state index in [0.717, 1.165) is 32.1 Å². The molecule has 0 aromatic heterocycles. The van der Waals surface area contributed by atoms with Gasteiger partial charge in [0.15, 0.2) is 0 Å². The van der Waals surface area contributed by atoms with Gasteiger partial charge in [-0.05, 0) is 48.9 Å². The number of benzene rings is 2. The van der Waals surface area contributed by atoms with Crippen LogP contribution in [0.25, 0.3) is 0 Å². The summed E-state index contributed by atoms with van der Waals surface area (Å²) in [6.45, 7) is 2.38. The first kappa shape index (κ1) is 13.4. The number of hydrogen-bond donors (Lipinski definition) is 1. The van der Waals surface area contributed by atoms with Crippen LogP contribution in [0.3, 0.4) is 0 Å². The Balaban J connectivity index is 2.30. The van der Waals surface area contributed by atoms with Crippen LogP contribution < -0.4 is 10.5 Å². The monoisotopic (exact) mass is 325 g/mol. The molecule has 0 atom stereocenters. The second-order valence-corrected chi connectivity index (χ2v) is 5.29. The molecule has 94 valence electrons. The predicted octanol–water partition coefficient (Wildman–Crippen LogP) is 4.66. The summed E-state index contributed by atoms with van der Waals surface area (Å²) in [4.78, 5) is 0. The van der Waals surface area contributed by atoms with Gasteiger partial charge in [0.05, 0.1) is 0 Å². The first-order chi connectivity index (χ1) is 8.60. The average Bonchev–Trinajstić information content (AvgIpc) is 2.36. The second kappa shape index (κ2) is 5.74. The zero-order chi connectivity index (χ0) is 13.1. The van der Waals surface area contributed by atoms with Crippen LogP contribution in [0.1, 0.15) is 11.1 Å². The molecule has 0 saturated carbocycles. The molecule has 0 aliphatic carbocycles. The van der Waals surface area contributed by atoms with Crippen molar-refractivity contribution in [2.24, 2.45) is 5.73 Å². The largest absolute Gasteiger partial charge is 0.457 e. The topological polar surface area (TPSA) is 35.2 Å². The van der Waals surface area contributed by atoms with Crippen LogP contribution in [0.2, 0.25) is 5.02 Å². The summed E-state index contributed by atoms with van der Waals surface area (Å²) in [5, 5.41) is 0.734. The number of aryl methyl sites for hydroxylation is 1. The zero-order valence-electron chi connectivity index (χ0n) is 9.91. The molecule has 0 amide bonds. The number of halogens is 2. The maximum Gasteiger partial charge on any atom is 0.131 e. The summed E-state index contributed by atoms with van der Waals surface area (Å²) in [5.74, 6) is 1.52. The summed E-state index contributed by atoms with van der Waals surface area (Å²) >= 11 is 9.40. The smallest absolute Gasteiger partial charge is 0.131 e. The van der Waals surface area contributed by atoms with E-state index in [1.165, 1.54) is 0 Å². The van der Waals surface area contributed by atoms with Crippen molar-refractivity contribution in [3.05, 3.63) is 57.0 Å². The van der Waals surface area contributed by atoms with Gasteiger partial charge in [0.2, 0.25) is 0 Å². The van der Waals surface area contributed by atoms with E-state index in [9.17, 15) is 0 Å². The molecule has 2 rings (SSSR count). The highest BCUT2D eigenvalue weighted by molar-refractivity contribution is 9.10. The highest BCUT2D eigenvalue weighted by Gasteiger charge is 2.05. The van der Waals surface area contributed by atoms with Gasteiger partial charge in [-0.3, -0.25) is 0 Å². The molecule has 4 heteroatoms. The maximum absolute atomic E-state index is 5.98. The fraction of sp³-hybridized carbons (Fsp3) is 0.143. The first-order valence-electron chi connectivity index (χ1n) is 5.52. The molecule has 0 fully saturated rings. The van der Waals surface area contributed by atoms with E-state index < -0.39 is 0 Å².